The summed E-state index contributed by atoms with van der Waals surface area (Å²) < 4.78 is 31.2. The first-order valence-electron chi connectivity index (χ1n) is 13.9. The van der Waals surface area contributed by atoms with Gasteiger partial charge in [0.05, 0.1) is 0 Å². The van der Waals surface area contributed by atoms with E-state index in [1.807, 2.05) is 104 Å². The van der Waals surface area contributed by atoms with Gasteiger partial charge in [-0.15, -0.1) is 0 Å². The maximum absolute atomic E-state index is 11.7. The lowest BCUT2D eigenvalue weighted by molar-refractivity contribution is 0.0769. The molecule has 1 unspecified atom stereocenters. The molecule has 2 N–H and O–H groups in total. The summed E-state index contributed by atoms with van der Waals surface area (Å²) in [5.74, 6) is 1.78. The zero-order valence-electron chi connectivity index (χ0n) is 27.3. The van der Waals surface area contributed by atoms with Crippen molar-refractivity contribution in [3.8, 4) is 34.5 Å². The van der Waals surface area contributed by atoms with Crippen LogP contribution in [0.25, 0.3) is 0 Å². The van der Waals surface area contributed by atoms with Gasteiger partial charge >= 0.3 is 0 Å². The summed E-state index contributed by atoms with van der Waals surface area (Å²) in [5, 5.41) is 22.7. The highest BCUT2D eigenvalue weighted by Gasteiger charge is 2.30. The van der Waals surface area contributed by atoms with Gasteiger partial charge in [-0.2, -0.15) is 0 Å². The Hall–Kier alpha value is -2.80. The fraction of sp³-hybridized carbons (Fsp3) is 0.636. The lowest BCUT2D eigenvalue weighted by atomic mass is 9.98. The molecule has 2 aromatic carbocycles. The van der Waals surface area contributed by atoms with Crippen LogP contribution >= 0.6 is 0 Å². The molecule has 0 aliphatic rings. The van der Waals surface area contributed by atoms with Crippen LogP contribution < -0.4 is 23.7 Å². The van der Waals surface area contributed by atoms with Gasteiger partial charge in [-0.1, -0.05) is 0 Å². The molecule has 0 heterocycles. The normalized spacial score (nSPS) is 14.0. The molecule has 0 aromatic heterocycles. The molecule has 0 fully saturated rings. The summed E-state index contributed by atoms with van der Waals surface area (Å²) in [5.41, 5.74) is -1.84. The zero-order valence-corrected chi connectivity index (χ0v) is 27.3. The van der Waals surface area contributed by atoms with E-state index in [4.69, 9.17) is 23.7 Å². The van der Waals surface area contributed by atoms with Gasteiger partial charge in [0, 0.05) is 0 Å². The molecule has 2 aromatic rings. The van der Waals surface area contributed by atoms with Gasteiger partial charge in [-0.25, -0.2) is 0 Å². The quantitative estimate of drug-likeness (QED) is 0.352. The van der Waals surface area contributed by atoms with E-state index in [-0.39, 0.29) is 11.5 Å². The van der Waals surface area contributed by atoms with Crippen molar-refractivity contribution in [2.24, 2.45) is 0 Å². The van der Waals surface area contributed by atoms with Gasteiger partial charge in [0.1, 0.15) is 34.1 Å². The molecular weight excluding hydrogens is 508 g/mol. The fourth-order valence-corrected chi connectivity index (χ4v) is 3.75. The molecule has 1 atom stereocenters. The van der Waals surface area contributed by atoms with E-state index in [1.54, 1.807) is 18.2 Å². The highest BCUT2D eigenvalue weighted by molar-refractivity contribution is 5.58. The average Bonchev–Trinajstić information content (AvgIpc) is 2.67. The summed E-state index contributed by atoms with van der Waals surface area (Å²) in [4.78, 5) is 0. The zero-order chi connectivity index (χ0) is 31.1. The summed E-state index contributed by atoms with van der Waals surface area (Å²) >= 11 is 0. The van der Waals surface area contributed by atoms with Gasteiger partial charge in [-0.3, -0.25) is 0 Å². The van der Waals surface area contributed by atoms with Crippen molar-refractivity contribution in [3.05, 3.63) is 35.4 Å². The minimum Gasteiger partial charge on any atom is -0.504 e. The van der Waals surface area contributed by atoms with Crippen LogP contribution in [0.5, 0.6) is 34.5 Å². The minimum atomic E-state index is -1.15. The Morgan fingerprint density at radius 1 is 0.450 bits per heavy atom. The molecule has 7 heteroatoms. The number of aliphatic hydroxyl groups excluding tert-OH is 1. The van der Waals surface area contributed by atoms with E-state index in [9.17, 15) is 10.2 Å². The number of benzene rings is 2. The second kappa shape index (κ2) is 11.2. The topological polar surface area (TPSA) is 86.6 Å². The average molecular weight is 561 g/mol. The summed E-state index contributed by atoms with van der Waals surface area (Å²) in [6.45, 7) is 29.0. The Balaban J connectivity index is 2.79. The third kappa shape index (κ3) is 10.6. The van der Waals surface area contributed by atoms with E-state index in [0.29, 0.717) is 34.1 Å². The van der Waals surface area contributed by atoms with Gasteiger partial charge in [0.15, 0.2) is 23.0 Å². The Labute approximate surface area is 241 Å². The van der Waals surface area contributed by atoms with E-state index in [2.05, 4.69) is 0 Å². The van der Waals surface area contributed by atoms with E-state index in [1.165, 1.54) is 6.07 Å². The highest BCUT2D eigenvalue weighted by Crippen LogP contribution is 2.47. The smallest absolute Gasteiger partial charge is 0.204 e. The highest BCUT2D eigenvalue weighted by atomic mass is 16.6. The fourth-order valence-electron chi connectivity index (χ4n) is 3.75. The van der Waals surface area contributed by atoms with Crippen LogP contribution in [-0.4, -0.2) is 38.2 Å². The van der Waals surface area contributed by atoms with Crippen LogP contribution in [0.2, 0.25) is 0 Å². The molecule has 226 valence electrons. The predicted molar refractivity (Wildman–Crippen MR) is 161 cm³/mol. The molecule has 0 aliphatic heterocycles. The molecule has 0 saturated carbocycles. The molecule has 0 radical (unpaired) electrons. The van der Waals surface area contributed by atoms with Crippen molar-refractivity contribution in [1.29, 1.82) is 0 Å². The number of phenolic OH excluding ortho intramolecular Hbond substituents is 1. The van der Waals surface area contributed by atoms with Gasteiger partial charge in [0.25, 0.3) is 0 Å². The van der Waals surface area contributed by atoms with Crippen LogP contribution in [0.1, 0.15) is 121 Å². The largest absolute Gasteiger partial charge is 0.504 e. The Kier molecular flexibility index (Phi) is 9.38. The summed E-state index contributed by atoms with van der Waals surface area (Å²) in [7, 11) is 0. The SMILES string of the molecule is CC(C)(C)Oc1cc(C(O)c2cc(OC(C)(C)C)c(OC(C)(C)C)c(OC(C)(C)C)c2)cc(O)c1OC(C)(C)C. The molecule has 0 spiro atoms. The van der Waals surface area contributed by atoms with Crippen LogP contribution in [0, 0.1) is 0 Å². The molecule has 40 heavy (non-hydrogen) atoms. The molecule has 0 saturated heterocycles. The molecule has 2 rings (SSSR count). The van der Waals surface area contributed by atoms with E-state index >= 15 is 0 Å². The first-order chi connectivity index (χ1) is 17.7. The van der Waals surface area contributed by atoms with Crippen LogP contribution in [-0.2, 0) is 0 Å². The molecule has 7 nitrogen and oxygen atoms in total. The van der Waals surface area contributed by atoms with Crippen molar-refractivity contribution in [2.75, 3.05) is 0 Å². The second-order valence-electron chi connectivity index (χ2n) is 15.2. The second-order valence-corrected chi connectivity index (χ2v) is 15.2. The van der Waals surface area contributed by atoms with Crippen molar-refractivity contribution in [3.63, 3.8) is 0 Å². The molecule has 0 bridgehead atoms. The molecular formula is C33H52O7. The maximum Gasteiger partial charge on any atom is 0.204 e. The van der Waals surface area contributed by atoms with Gasteiger partial charge in [0.2, 0.25) is 11.5 Å². The Bertz CT molecular complexity index is 1130. The Morgan fingerprint density at radius 3 is 1.05 bits per heavy atom. The number of ether oxygens (including phenoxy) is 5. The monoisotopic (exact) mass is 560 g/mol. The van der Waals surface area contributed by atoms with Crippen molar-refractivity contribution in [2.45, 2.75) is 138 Å². The maximum atomic E-state index is 11.7. The number of aromatic hydroxyl groups is 1. The molecule has 0 amide bonds. The van der Waals surface area contributed by atoms with Crippen molar-refractivity contribution < 1.29 is 33.9 Å². The number of hydrogen-bond donors (Lipinski definition) is 2. The standard InChI is InChI=1S/C33H52O7/c1-29(2,3)36-23-17-20(16-22(34)27(23)39-32(10,11)12)26(35)21-18-24(37-30(4,5)6)28(40-33(13,14)15)25(19-21)38-31(7,8)9/h16-19,26,34-35H,1-15H3. The first kappa shape index (κ1) is 33.4. The third-order valence-electron chi connectivity index (χ3n) is 4.80. The van der Waals surface area contributed by atoms with E-state index in [0.717, 1.165) is 0 Å². The first-order valence-corrected chi connectivity index (χ1v) is 13.9. The van der Waals surface area contributed by atoms with Crippen molar-refractivity contribution >= 4 is 0 Å². The van der Waals surface area contributed by atoms with Gasteiger partial charge < -0.3 is 33.9 Å². The van der Waals surface area contributed by atoms with Crippen molar-refractivity contribution in [1.82, 2.24) is 0 Å². The molecule has 0 aliphatic carbocycles. The number of phenols is 1. The Morgan fingerprint density at radius 2 is 0.725 bits per heavy atom. The summed E-state index contributed by atoms with van der Waals surface area (Å²) in [6.07, 6.45) is -1.15. The minimum absolute atomic E-state index is 0.129. The lowest BCUT2D eigenvalue weighted by Crippen LogP contribution is -2.29. The number of aliphatic hydroxyl groups is 1. The summed E-state index contributed by atoms with van der Waals surface area (Å²) in [6, 6.07) is 6.71. The van der Waals surface area contributed by atoms with Crippen LogP contribution in [0.4, 0.5) is 0 Å². The van der Waals surface area contributed by atoms with Crippen LogP contribution in [0.3, 0.4) is 0 Å². The predicted octanol–water partition coefficient (Wildman–Crippen LogP) is 8.36. The van der Waals surface area contributed by atoms with Crippen LogP contribution in [0.15, 0.2) is 24.3 Å². The lowest BCUT2D eigenvalue weighted by Gasteiger charge is -2.31. The van der Waals surface area contributed by atoms with Gasteiger partial charge in [-0.05, 0) is 139 Å². The number of hydrogen-bond acceptors (Lipinski definition) is 7. The van der Waals surface area contributed by atoms with E-state index < -0.39 is 34.1 Å². The number of rotatable bonds is 7. The third-order valence-corrected chi connectivity index (χ3v) is 4.80.